The lowest BCUT2D eigenvalue weighted by molar-refractivity contribution is -0.659. The van der Waals surface area contributed by atoms with Crippen LogP contribution in [0.2, 0.25) is 0 Å². The number of thiazole rings is 1. The molecule has 3 heterocycles. The van der Waals surface area contributed by atoms with E-state index in [1.54, 1.807) is 11.3 Å². The van der Waals surface area contributed by atoms with E-state index in [2.05, 4.69) is 85.7 Å². The summed E-state index contributed by atoms with van der Waals surface area (Å²) in [5, 5.41) is 2.39. The van der Waals surface area contributed by atoms with Crippen LogP contribution in [0.15, 0.2) is 48.8 Å². The highest BCUT2D eigenvalue weighted by molar-refractivity contribution is 7.41. The lowest BCUT2D eigenvalue weighted by Crippen LogP contribution is -2.29. The summed E-state index contributed by atoms with van der Waals surface area (Å²) in [6.07, 6.45) is 4.30. The van der Waals surface area contributed by atoms with Crippen LogP contribution in [0.3, 0.4) is 0 Å². The highest BCUT2D eigenvalue weighted by Gasteiger charge is 2.26. The second-order valence-corrected chi connectivity index (χ2v) is 9.48. The third-order valence-corrected chi connectivity index (χ3v) is 7.39. The van der Waals surface area contributed by atoms with Crippen LogP contribution in [0.4, 0.5) is 0 Å². The summed E-state index contributed by atoms with van der Waals surface area (Å²) in [4.78, 5) is 4.79. The molecule has 0 bridgehead atoms. The monoisotopic (exact) mass is 390 g/mol. The molecule has 5 rings (SSSR count). The van der Waals surface area contributed by atoms with E-state index >= 15 is 0 Å². The van der Waals surface area contributed by atoms with Crippen molar-refractivity contribution in [3.05, 3.63) is 64.9 Å². The first-order valence-electron chi connectivity index (χ1n) is 8.97. The zero-order chi connectivity index (χ0) is 18.7. The normalized spacial score (nSPS) is 11.7. The maximum Gasteiger partial charge on any atom is 0.295 e. The van der Waals surface area contributed by atoms with Gasteiger partial charge in [0.25, 0.3) is 5.82 Å². The van der Waals surface area contributed by atoms with Gasteiger partial charge in [-0.3, -0.25) is 0 Å². The first kappa shape index (κ1) is 16.7. The van der Waals surface area contributed by atoms with E-state index in [9.17, 15) is 0 Å². The van der Waals surface area contributed by atoms with Gasteiger partial charge in [0, 0.05) is 5.39 Å². The molecule has 0 saturated carbocycles. The predicted molar refractivity (Wildman–Crippen MR) is 115 cm³/mol. The topological polar surface area (TPSA) is 21.7 Å². The Bertz CT molecular complexity index is 1320. The number of aromatic nitrogens is 3. The summed E-state index contributed by atoms with van der Waals surface area (Å²) < 4.78 is 7.17. The van der Waals surface area contributed by atoms with Gasteiger partial charge < -0.3 is 0 Å². The summed E-state index contributed by atoms with van der Waals surface area (Å²) in [6.45, 7) is 6.46. The molecule has 0 N–H and O–H groups in total. The minimum Gasteiger partial charge on any atom is -0.240 e. The third-order valence-electron chi connectivity index (χ3n) is 5.12. The van der Waals surface area contributed by atoms with Gasteiger partial charge in [0.15, 0.2) is 0 Å². The van der Waals surface area contributed by atoms with Gasteiger partial charge in [-0.1, -0.05) is 30.3 Å². The van der Waals surface area contributed by atoms with Crippen LogP contribution in [-0.2, 0) is 7.05 Å². The molecule has 5 heteroatoms. The molecule has 3 nitrogen and oxygen atoms in total. The first-order valence-corrected chi connectivity index (χ1v) is 10.6. The maximum atomic E-state index is 4.79. The molecule has 0 fully saturated rings. The van der Waals surface area contributed by atoms with Crippen molar-refractivity contribution in [3.63, 3.8) is 0 Å². The maximum absolute atomic E-state index is 4.79. The molecule has 0 amide bonds. The Balaban J connectivity index is 1.87. The molecule has 27 heavy (non-hydrogen) atoms. The smallest absolute Gasteiger partial charge is 0.240 e. The summed E-state index contributed by atoms with van der Waals surface area (Å²) in [5.74, 6) is 1.21. The van der Waals surface area contributed by atoms with Gasteiger partial charge in [-0.15, -0.1) is 22.7 Å². The average Bonchev–Trinajstić information content (AvgIpc) is 3.28. The predicted octanol–water partition coefficient (Wildman–Crippen LogP) is 5.72. The van der Waals surface area contributed by atoms with Gasteiger partial charge >= 0.3 is 0 Å². The number of thiophene rings is 1. The van der Waals surface area contributed by atoms with Crippen LogP contribution in [0.25, 0.3) is 36.7 Å². The Morgan fingerprint density at radius 1 is 0.963 bits per heavy atom. The van der Waals surface area contributed by atoms with Crippen LogP contribution >= 0.6 is 22.7 Å². The molecule has 0 saturated heterocycles. The Kier molecular flexibility index (Phi) is 3.71. The molecular formula is C22H20N3S2+. The van der Waals surface area contributed by atoms with Crippen LogP contribution in [0.5, 0.6) is 0 Å². The largest absolute Gasteiger partial charge is 0.295 e. The number of imidazole rings is 1. The van der Waals surface area contributed by atoms with Crippen LogP contribution < -0.4 is 4.57 Å². The van der Waals surface area contributed by atoms with Crippen molar-refractivity contribution < 1.29 is 4.57 Å². The van der Waals surface area contributed by atoms with Gasteiger partial charge in [-0.25, -0.2) is 9.55 Å². The third kappa shape index (κ3) is 2.46. The molecule has 2 aromatic carbocycles. The molecular weight excluding hydrogens is 370 g/mol. The summed E-state index contributed by atoms with van der Waals surface area (Å²) in [7, 11) is 2.13. The second kappa shape index (κ2) is 6.01. The number of aryl methyl sites for hydroxylation is 4. The highest BCUT2D eigenvalue weighted by Crippen LogP contribution is 2.43. The Hall–Kier alpha value is -2.50. The second-order valence-electron chi connectivity index (χ2n) is 6.99. The molecule has 0 radical (unpaired) electrons. The molecule has 0 aliphatic carbocycles. The van der Waals surface area contributed by atoms with Crippen molar-refractivity contribution in [2.24, 2.45) is 7.05 Å². The first-order chi connectivity index (χ1) is 13.0. The van der Waals surface area contributed by atoms with Crippen molar-refractivity contribution in [1.82, 2.24) is 9.55 Å². The van der Waals surface area contributed by atoms with Gasteiger partial charge in [-0.2, -0.15) is 4.57 Å². The molecule has 0 aliphatic rings. The van der Waals surface area contributed by atoms with E-state index in [0.29, 0.717) is 0 Å². The van der Waals surface area contributed by atoms with E-state index < -0.39 is 0 Å². The molecule has 0 atom stereocenters. The fourth-order valence-corrected chi connectivity index (χ4v) is 6.30. The summed E-state index contributed by atoms with van der Waals surface area (Å²) in [6, 6.07) is 13.0. The van der Waals surface area contributed by atoms with Crippen molar-refractivity contribution in [1.29, 1.82) is 0 Å². The molecule has 134 valence electrons. The SMILES string of the molecule is Cc1nc2c(s1)sc1c(-c3n(-c4ccccc4C)cc[n+]3C)c(C)ccc12. The Labute approximate surface area is 166 Å². The molecule has 3 aromatic heterocycles. The van der Waals surface area contributed by atoms with Crippen LogP contribution in [0.1, 0.15) is 16.1 Å². The zero-order valence-corrected chi connectivity index (χ0v) is 17.4. The molecule has 0 aliphatic heterocycles. The minimum atomic E-state index is 1.13. The number of nitrogens with zero attached hydrogens (tertiary/aromatic N) is 3. The lowest BCUT2D eigenvalue weighted by Gasteiger charge is -2.09. The standard InChI is InChI=1S/C22H20N3S2/c1-13-7-5-6-8-17(13)25-12-11-24(4)21(25)18-14(2)9-10-16-19-22(27-20(16)18)26-15(3)23-19/h5-12H,1-4H3/q+1. The van der Waals surface area contributed by atoms with Crippen molar-refractivity contribution in [2.75, 3.05) is 0 Å². The molecule has 5 aromatic rings. The number of fused-ring (bicyclic) bond motifs is 3. The van der Waals surface area contributed by atoms with Gasteiger partial charge in [0.05, 0.1) is 22.3 Å². The summed E-state index contributed by atoms with van der Waals surface area (Å²) in [5.41, 5.74) is 6.23. The van der Waals surface area contributed by atoms with Crippen molar-refractivity contribution in [2.45, 2.75) is 20.8 Å². The van der Waals surface area contributed by atoms with Crippen LogP contribution in [-0.4, -0.2) is 9.55 Å². The number of hydrogen-bond donors (Lipinski definition) is 0. The van der Waals surface area contributed by atoms with Crippen molar-refractivity contribution >= 4 is 42.3 Å². The Morgan fingerprint density at radius 2 is 1.78 bits per heavy atom. The zero-order valence-electron chi connectivity index (χ0n) is 15.8. The fourth-order valence-electron chi connectivity index (χ4n) is 3.79. The van der Waals surface area contributed by atoms with Gasteiger partial charge in [0.1, 0.15) is 27.6 Å². The van der Waals surface area contributed by atoms with Crippen LogP contribution in [0, 0.1) is 20.8 Å². The highest BCUT2D eigenvalue weighted by atomic mass is 32.2. The lowest BCUT2D eigenvalue weighted by atomic mass is 10.0. The quantitative estimate of drug-likeness (QED) is 0.353. The van der Waals surface area contributed by atoms with E-state index in [1.807, 2.05) is 11.3 Å². The van der Waals surface area contributed by atoms with Gasteiger partial charge in [0.2, 0.25) is 0 Å². The Morgan fingerprint density at radius 3 is 2.59 bits per heavy atom. The number of benzene rings is 2. The van der Waals surface area contributed by atoms with Crippen molar-refractivity contribution in [3.8, 4) is 17.1 Å². The number of hydrogen-bond acceptors (Lipinski definition) is 3. The number of rotatable bonds is 2. The van der Waals surface area contributed by atoms with E-state index in [-0.39, 0.29) is 0 Å². The van der Waals surface area contributed by atoms with Gasteiger partial charge in [-0.05, 0) is 38.0 Å². The molecule has 0 unspecified atom stereocenters. The number of para-hydroxylation sites is 1. The molecule has 0 spiro atoms. The minimum absolute atomic E-state index is 1.13. The fraction of sp³-hybridized carbons (Fsp3) is 0.182. The summed E-state index contributed by atoms with van der Waals surface area (Å²) >= 11 is 3.66. The van der Waals surface area contributed by atoms with E-state index in [4.69, 9.17) is 4.98 Å². The van der Waals surface area contributed by atoms with E-state index in [1.165, 1.54) is 42.3 Å². The average molecular weight is 391 g/mol. The van der Waals surface area contributed by atoms with E-state index in [0.717, 1.165) is 10.5 Å².